The van der Waals surface area contributed by atoms with Crippen molar-refractivity contribution in [2.24, 2.45) is 0 Å². The van der Waals surface area contributed by atoms with Crippen LogP contribution in [0.1, 0.15) is 16.2 Å². The summed E-state index contributed by atoms with van der Waals surface area (Å²) in [5.74, 6) is -0.217. The molecule has 0 aliphatic heterocycles. The molecule has 2 aromatic carbocycles. The van der Waals surface area contributed by atoms with Gasteiger partial charge < -0.3 is 10.6 Å². The molecule has 0 saturated heterocycles. The number of rotatable bonds is 4. The Labute approximate surface area is 161 Å². The molecule has 0 bridgehead atoms. The molecule has 6 heteroatoms. The smallest absolute Gasteiger partial charge is 0.274 e. The predicted molar refractivity (Wildman–Crippen MR) is 109 cm³/mol. The summed E-state index contributed by atoms with van der Waals surface area (Å²) < 4.78 is 1.74. The van der Waals surface area contributed by atoms with Crippen LogP contribution in [0.2, 0.25) is 5.02 Å². The zero-order chi connectivity index (χ0) is 18.8. The van der Waals surface area contributed by atoms with Crippen LogP contribution in [-0.2, 0) is 0 Å². The Morgan fingerprint density at radius 3 is 2.37 bits per heavy atom. The van der Waals surface area contributed by atoms with E-state index in [9.17, 15) is 4.79 Å². The van der Waals surface area contributed by atoms with Crippen molar-refractivity contribution < 1.29 is 4.79 Å². The van der Waals surface area contributed by atoms with E-state index in [1.165, 1.54) is 0 Å². The number of fused-ring (bicyclic) bond motifs is 1. The number of aromatic nitrogens is 2. The second-order valence-electron chi connectivity index (χ2n) is 6.14. The van der Waals surface area contributed by atoms with Gasteiger partial charge in [-0.25, -0.2) is 4.98 Å². The van der Waals surface area contributed by atoms with Gasteiger partial charge in [-0.1, -0.05) is 29.8 Å². The maximum atomic E-state index is 12.8. The highest BCUT2D eigenvalue weighted by molar-refractivity contribution is 6.30. The van der Waals surface area contributed by atoms with Crippen LogP contribution in [0.3, 0.4) is 0 Å². The van der Waals surface area contributed by atoms with Gasteiger partial charge in [0.25, 0.3) is 5.91 Å². The fourth-order valence-corrected chi connectivity index (χ4v) is 3.08. The monoisotopic (exact) mass is 376 g/mol. The maximum Gasteiger partial charge on any atom is 0.274 e. The molecule has 0 unspecified atom stereocenters. The Kier molecular flexibility index (Phi) is 4.52. The highest BCUT2D eigenvalue weighted by Crippen LogP contribution is 2.21. The zero-order valence-corrected chi connectivity index (χ0v) is 15.4. The van der Waals surface area contributed by atoms with Gasteiger partial charge in [0.15, 0.2) is 0 Å². The molecule has 1 amide bonds. The number of aryl methyl sites for hydroxylation is 1. The zero-order valence-electron chi connectivity index (χ0n) is 14.6. The molecule has 27 heavy (non-hydrogen) atoms. The number of hydrogen-bond acceptors (Lipinski definition) is 3. The highest BCUT2D eigenvalue weighted by Gasteiger charge is 2.17. The van der Waals surface area contributed by atoms with Crippen molar-refractivity contribution in [2.45, 2.75) is 6.92 Å². The third-order valence-electron chi connectivity index (χ3n) is 4.18. The molecule has 0 atom stereocenters. The number of carbonyl (C=O) groups excluding carboxylic acids is 1. The average molecular weight is 377 g/mol. The van der Waals surface area contributed by atoms with E-state index in [-0.39, 0.29) is 5.91 Å². The van der Waals surface area contributed by atoms with Gasteiger partial charge in [-0.05, 0) is 49.4 Å². The van der Waals surface area contributed by atoms with Crippen LogP contribution in [-0.4, -0.2) is 15.3 Å². The van der Waals surface area contributed by atoms with Gasteiger partial charge in [-0.2, -0.15) is 0 Å². The third kappa shape index (κ3) is 3.64. The normalized spacial score (nSPS) is 10.7. The van der Waals surface area contributed by atoms with Gasteiger partial charge in [0, 0.05) is 34.3 Å². The fourth-order valence-electron chi connectivity index (χ4n) is 2.93. The molecule has 0 saturated carbocycles. The molecule has 4 rings (SSSR count). The van der Waals surface area contributed by atoms with Crippen LogP contribution in [0.15, 0.2) is 72.9 Å². The van der Waals surface area contributed by atoms with Crippen LogP contribution in [0, 0.1) is 6.92 Å². The number of carbonyl (C=O) groups is 1. The summed E-state index contributed by atoms with van der Waals surface area (Å²) in [4.78, 5) is 17.2. The average Bonchev–Trinajstić information content (AvgIpc) is 2.99. The minimum absolute atomic E-state index is 0.217. The summed E-state index contributed by atoms with van der Waals surface area (Å²) in [6, 6.07) is 20.9. The van der Waals surface area contributed by atoms with E-state index in [1.54, 1.807) is 22.7 Å². The summed E-state index contributed by atoms with van der Waals surface area (Å²) in [5, 5.41) is 6.82. The summed E-state index contributed by atoms with van der Waals surface area (Å²) in [7, 11) is 0. The molecule has 0 radical (unpaired) electrons. The van der Waals surface area contributed by atoms with Crippen molar-refractivity contribution >= 4 is 40.2 Å². The Hall–Kier alpha value is -3.31. The number of anilines is 3. The van der Waals surface area contributed by atoms with Gasteiger partial charge in [0.05, 0.1) is 5.69 Å². The summed E-state index contributed by atoms with van der Waals surface area (Å²) in [5.41, 5.74) is 4.45. The standard InChI is InChI=1S/C21H17ClN4O/c1-14-20(26-12-11-15(22)13-19(26)23-14)21(27)25-18-9-7-17(8-10-18)24-16-5-3-2-4-6-16/h2-13,24H,1H3,(H,25,27). The van der Waals surface area contributed by atoms with E-state index in [1.807, 2.05) is 61.5 Å². The number of nitrogens with zero attached hydrogens (tertiary/aromatic N) is 2. The first-order valence-electron chi connectivity index (χ1n) is 8.48. The lowest BCUT2D eigenvalue weighted by Gasteiger charge is -2.09. The molecule has 4 aromatic rings. The first-order chi connectivity index (χ1) is 13.1. The second-order valence-corrected chi connectivity index (χ2v) is 6.58. The topological polar surface area (TPSA) is 58.4 Å². The van der Waals surface area contributed by atoms with Crippen LogP contribution < -0.4 is 10.6 Å². The van der Waals surface area contributed by atoms with Gasteiger partial charge in [-0.15, -0.1) is 0 Å². The lowest BCUT2D eigenvalue weighted by atomic mass is 10.2. The molecule has 0 aliphatic carbocycles. The first kappa shape index (κ1) is 17.1. The number of pyridine rings is 1. The van der Waals surface area contributed by atoms with Crippen LogP contribution in [0.5, 0.6) is 0 Å². The van der Waals surface area contributed by atoms with E-state index >= 15 is 0 Å². The quantitative estimate of drug-likeness (QED) is 0.508. The molecule has 0 aliphatic rings. The van der Waals surface area contributed by atoms with Crippen molar-refractivity contribution in [3.63, 3.8) is 0 Å². The number of halogens is 1. The van der Waals surface area contributed by atoms with Crippen LogP contribution in [0.25, 0.3) is 5.65 Å². The van der Waals surface area contributed by atoms with Gasteiger partial charge >= 0.3 is 0 Å². The van der Waals surface area contributed by atoms with Gasteiger partial charge in [0.2, 0.25) is 0 Å². The number of nitrogens with one attached hydrogen (secondary N) is 2. The highest BCUT2D eigenvalue weighted by atomic mass is 35.5. The second kappa shape index (κ2) is 7.13. The van der Waals surface area contributed by atoms with Crippen LogP contribution >= 0.6 is 11.6 Å². The van der Waals surface area contributed by atoms with E-state index in [0.717, 1.165) is 11.4 Å². The van der Waals surface area contributed by atoms with Crippen molar-refractivity contribution in [2.75, 3.05) is 10.6 Å². The number of para-hydroxylation sites is 1. The number of amides is 1. The van der Waals surface area contributed by atoms with Gasteiger partial charge in [0.1, 0.15) is 11.3 Å². The Morgan fingerprint density at radius 1 is 0.963 bits per heavy atom. The fraction of sp³-hybridized carbons (Fsp3) is 0.0476. The summed E-state index contributed by atoms with van der Waals surface area (Å²) >= 11 is 6.00. The predicted octanol–water partition coefficient (Wildman–Crippen LogP) is 5.29. The molecule has 2 N–H and O–H groups in total. The SMILES string of the molecule is Cc1nc2cc(Cl)ccn2c1C(=O)Nc1ccc(Nc2ccccc2)cc1. The Morgan fingerprint density at radius 2 is 1.63 bits per heavy atom. The molecule has 2 aromatic heterocycles. The number of imidazole rings is 1. The van der Waals surface area contributed by atoms with E-state index in [2.05, 4.69) is 15.6 Å². The van der Waals surface area contributed by atoms with E-state index < -0.39 is 0 Å². The van der Waals surface area contributed by atoms with E-state index in [0.29, 0.717) is 27.7 Å². The molecular weight excluding hydrogens is 360 g/mol. The molecule has 2 heterocycles. The van der Waals surface area contributed by atoms with Crippen LogP contribution in [0.4, 0.5) is 17.1 Å². The summed E-state index contributed by atoms with van der Waals surface area (Å²) in [6.07, 6.45) is 1.75. The summed E-state index contributed by atoms with van der Waals surface area (Å²) in [6.45, 7) is 1.81. The lowest BCUT2D eigenvalue weighted by Crippen LogP contribution is -2.15. The van der Waals surface area contributed by atoms with E-state index in [4.69, 9.17) is 11.6 Å². The Bertz CT molecular complexity index is 1100. The van der Waals surface area contributed by atoms with Crippen molar-refractivity contribution in [3.8, 4) is 0 Å². The molecule has 134 valence electrons. The molecule has 0 spiro atoms. The van der Waals surface area contributed by atoms with Crippen molar-refractivity contribution in [1.29, 1.82) is 0 Å². The molecule has 0 fully saturated rings. The number of hydrogen-bond donors (Lipinski definition) is 2. The minimum Gasteiger partial charge on any atom is -0.356 e. The maximum absolute atomic E-state index is 12.8. The first-order valence-corrected chi connectivity index (χ1v) is 8.86. The molecular formula is C21H17ClN4O. The minimum atomic E-state index is -0.217. The largest absolute Gasteiger partial charge is 0.356 e. The van der Waals surface area contributed by atoms with Crippen molar-refractivity contribution in [1.82, 2.24) is 9.38 Å². The molecule has 5 nitrogen and oxygen atoms in total. The Balaban J connectivity index is 1.52. The lowest BCUT2D eigenvalue weighted by molar-refractivity contribution is 0.102. The van der Waals surface area contributed by atoms with Gasteiger partial charge in [-0.3, -0.25) is 9.20 Å². The number of benzene rings is 2. The van der Waals surface area contributed by atoms with Crippen molar-refractivity contribution in [3.05, 3.63) is 89.3 Å². The third-order valence-corrected chi connectivity index (χ3v) is 4.42.